The number of aryl methyl sites for hydroxylation is 1. The first-order valence-corrected chi connectivity index (χ1v) is 9.06. The Hall–Kier alpha value is -0.910. The SMILES string of the molecule is CCc1ccccc1CNCCCN(CC)S(C)(=O)=O. The molecular formula is C15H26N2O2S. The molecule has 0 spiro atoms. The lowest BCUT2D eigenvalue weighted by Gasteiger charge is -2.17. The van der Waals surface area contributed by atoms with E-state index in [9.17, 15) is 8.42 Å². The van der Waals surface area contributed by atoms with Gasteiger partial charge in [-0.3, -0.25) is 0 Å². The molecule has 0 radical (unpaired) electrons. The third-order valence-electron chi connectivity index (χ3n) is 3.40. The minimum Gasteiger partial charge on any atom is -0.313 e. The zero-order chi connectivity index (χ0) is 15.0. The van der Waals surface area contributed by atoms with Crippen LogP contribution in [0.3, 0.4) is 0 Å². The molecule has 114 valence electrons. The van der Waals surface area contributed by atoms with Crippen molar-refractivity contribution >= 4 is 10.0 Å². The van der Waals surface area contributed by atoms with E-state index < -0.39 is 10.0 Å². The number of hydrogen-bond acceptors (Lipinski definition) is 3. The van der Waals surface area contributed by atoms with Gasteiger partial charge < -0.3 is 5.32 Å². The normalized spacial score (nSPS) is 12.0. The highest BCUT2D eigenvalue weighted by molar-refractivity contribution is 7.88. The van der Waals surface area contributed by atoms with E-state index in [4.69, 9.17) is 0 Å². The molecule has 1 aromatic carbocycles. The van der Waals surface area contributed by atoms with E-state index in [1.807, 2.05) is 6.92 Å². The largest absolute Gasteiger partial charge is 0.313 e. The Morgan fingerprint density at radius 3 is 2.35 bits per heavy atom. The molecule has 0 heterocycles. The number of sulfonamides is 1. The van der Waals surface area contributed by atoms with Crippen LogP contribution in [-0.4, -0.2) is 38.6 Å². The second-order valence-corrected chi connectivity index (χ2v) is 6.89. The highest BCUT2D eigenvalue weighted by atomic mass is 32.2. The van der Waals surface area contributed by atoms with Gasteiger partial charge in [0.2, 0.25) is 10.0 Å². The van der Waals surface area contributed by atoms with Crippen LogP contribution in [0.5, 0.6) is 0 Å². The molecule has 20 heavy (non-hydrogen) atoms. The van der Waals surface area contributed by atoms with Gasteiger partial charge in [-0.05, 0) is 30.5 Å². The van der Waals surface area contributed by atoms with Crippen molar-refractivity contribution in [3.05, 3.63) is 35.4 Å². The molecule has 0 saturated carbocycles. The number of rotatable bonds is 9. The molecule has 1 aromatic rings. The summed E-state index contributed by atoms with van der Waals surface area (Å²) in [5.74, 6) is 0. The lowest BCUT2D eigenvalue weighted by Crippen LogP contribution is -2.32. The molecule has 0 saturated heterocycles. The topological polar surface area (TPSA) is 49.4 Å². The van der Waals surface area contributed by atoms with E-state index >= 15 is 0 Å². The van der Waals surface area contributed by atoms with Crippen LogP contribution in [0.2, 0.25) is 0 Å². The highest BCUT2D eigenvalue weighted by Gasteiger charge is 2.12. The zero-order valence-electron chi connectivity index (χ0n) is 12.7. The van der Waals surface area contributed by atoms with Gasteiger partial charge in [0, 0.05) is 19.6 Å². The van der Waals surface area contributed by atoms with Gasteiger partial charge in [-0.15, -0.1) is 0 Å². The molecule has 0 unspecified atom stereocenters. The van der Waals surface area contributed by atoms with Crippen molar-refractivity contribution in [1.29, 1.82) is 0 Å². The summed E-state index contributed by atoms with van der Waals surface area (Å²) in [5.41, 5.74) is 2.69. The van der Waals surface area contributed by atoms with Gasteiger partial charge in [0.15, 0.2) is 0 Å². The minimum atomic E-state index is -3.06. The monoisotopic (exact) mass is 298 g/mol. The van der Waals surface area contributed by atoms with Crippen molar-refractivity contribution in [2.24, 2.45) is 0 Å². The summed E-state index contributed by atoms with van der Waals surface area (Å²) < 4.78 is 24.4. The van der Waals surface area contributed by atoms with Crippen LogP contribution in [0, 0.1) is 0 Å². The molecule has 1 rings (SSSR count). The molecule has 0 atom stereocenters. The summed E-state index contributed by atoms with van der Waals surface area (Å²) in [7, 11) is -3.06. The molecule has 5 heteroatoms. The van der Waals surface area contributed by atoms with Crippen molar-refractivity contribution in [2.45, 2.75) is 33.2 Å². The quantitative estimate of drug-likeness (QED) is 0.710. The Morgan fingerprint density at radius 1 is 1.15 bits per heavy atom. The summed E-state index contributed by atoms with van der Waals surface area (Å²) in [5, 5.41) is 3.39. The van der Waals surface area contributed by atoms with E-state index in [1.165, 1.54) is 21.7 Å². The maximum atomic E-state index is 11.4. The van der Waals surface area contributed by atoms with Crippen LogP contribution in [0.25, 0.3) is 0 Å². The summed E-state index contributed by atoms with van der Waals surface area (Å²) in [6, 6.07) is 8.41. The first-order chi connectivity index (χ1) is 9.49. The summed E-state index contributed by atoms with van der Waals surface area (Å²) in [4.78, 5) is 0. The first kappa shape index (κ1) is 17.1. The number of nitrogens with one attached hydrogen (secondary N) is 1. The summed E-state index contributed by atoms with van der Waals surface area (Å²) in [6.07, 6.45) is 3.13. The van der Waals surface area contributed by atoms with Crippen molar-refractivity contribution in [2.75, 3.05) is 25.9 Å². The molecule has 0 aromatic heterocycles. The fraction of sp³-hybridized carbons (Fsp3) is 0.600. The molecule has 4 nitrogen and oxygen atoms in total. The van der Waals surface area contributed by atoms with Crippen LogP contribution in [0.4, 0.5) is 0 Å². The van der Waals surface area contributed by atoms with E-state index in [-0.39, 0.29) is 0 Å². The smallest absolute Gasteiger partial charge is 0.211 e. The van der Waals surface area contributed by atoms with Crippen LogP contribution >= 0.6 is 0 Å². The molecule has 1 N–H and O–H groups in total. The van der Waals surface area contributed by atoms with Crippen molar-refractivity contribution < 1.29 is 8.42 Å². The number of nitrogens with zero attached hydrogens (tertiary/aromatic N) is 1. The Balaban J connectivity index is 2.32. The van der Waals surface area contributed by atoms with Gasteiger partial charge in [-0.25, -0.2) is 12.7 Å². The van der Waals surface area contributed by atoms with Gasteiger partial charge in [-0.2, -0.15) is 0 Å². The average Bonchev–Trinajstić information content (AvgIpc) is 2.41. The third-order valence-corrected chi connectivity index (χ3v) is 4.78. The van der Waals surface area contributed by atoms with Crippen LogP contribution in [0.1, 0.15) is 31.4 Å². The maximum absolute atomic E-state index is 11.4. The standard InChI is InChI=1S/C15H26N2O2S/c1-4-14-9-6-7-10-15(14)13-16-11-8-12-17(5-2)20(3,18)19/h6-7,9-10,16H,4-5,8,11-13H2,1-3H3. The van der Waals surface area contributed by atoms with Crippen molar-refractivity contribution in [3.63, 3.8) is 0 Å². The highest BCUT2D eigenvalue weighted by Crippen LogP contribution is 2.08. The van der Waals surface area contributed by atoms with E-state index in [0.717, 1.165) is 25.9 Å². The number of hydrogen-bond donors (Lipinski definition) is 1. The molecule has 0 aliphatic rings. The fourth-order valence-electron chi connectivity index (χ4n) is 2.24. The predicted molar refractivity (Wildman–Crippen MR) is 84.2 cm³/mol. The third kappa shape index (κ3) is 5.61. The van der Waals surface area contributed by atoms with Crippen molar-refractivity contribution in [1.82, 2.24) is 9.62 Å². The van der Waals surface area contributed by atoms with E-state index in [2.05, 4.69) is 36.5 Å². The Kier molecular flexibility index (Phi) is 7.19. The van der Waals surface area contributed by atoms with Crippen molar-refractivity contribution in [3.8, 4) is 0 Å². The summed E-state index contributed by atoms with van der Waals surface area (Å²) in [6.45, 7) is 6.81. The van der Waals surface area contributed by atoms with Gasteiger partial charge in [0.25, 0.3) is 0 Å². The maximum Gasteiger partial charge on any atom is 0.211 e. The molecule has 0 aliphatic heterocycles. The molecule has 0 aliphatic carbocycles. The molecular weight excluding hydrogens is 272 g/mol. The van der Waals surface area contributed by atoms with Crippen LogP contribution in [0.15, 0.2) is 24.3 Å². The Labute approximate surface area is 123 Å². The average molecular weight is 298 g/mol. The molecule has 0 bridgehead atoms. The Morgan fingerprint density at radius 2 is 1.80 bits per heavy atom. The summed E-state index contributed by atoms with van der Waals surface area (Å²) >= 11 is 0. The van der Waals surface area contributed by atoms with Gasteiger partial charge >= 0.3 is 0 Å². The molecule has 0 fully saturated rings. The van der Waals surface area contributed by atoms with Crippen LogP contribution < -0.4 is 5.32 Å². The predicted octanol–water partition coefficient (Wildman–Crippen LogP) is 2.01. The fourth-order valence-corrected chi connectivity index (χ4v) is 3.17. The second kappa shape index (κ2) is 8.39. The molecule has 0 amide bonds. The number of benzene rings is 1. The van der Waals surface area contributed by atoms with Gasteiger partial charge in [0.05, 0.1) is 6.26 Å². The zero-order valence-corrected chi connectivity index (χ0v) is 13.5. The lowest BCUT2D eigenvalue weighted by atomic mass is 10.1. The second-order valence-electron chi connectivity index (χ2n) is 4.91. The minimum absolute atomic E-state index is 0.539. The Bertz CT molecular complexity index is 500. The van der Waals surface area contributed by atoms with Crippen LogP contribution in [-0.2, 0) is 23.0 Å². The van der Waals surface area contributed by atoms with E-state index in [0.29, 0.717) is 13.1 Å². The van der Waals surface area contributed by atoms with Gasteiger partial charge in [0.1, 0.15) is 0 Å². The lowest BCUT2D eigenvalue weighted by molar-refractivity contribution is 0.419. The van der Waals surface area contributed by atoms with Gasteiger partial charge in [-0.1, -0.05) is 38.1 Å². The first-order valence-electron chi connectivity index (χ1n) is 7.21. The van der Waals surface area contributed by atoms with E-state index in [1.54, 1.807) is 0 Å².